The van der Waals surface area contributed by atoms with Crippen LogP contribution in [0.25, 0.3) is 11.3 Å². The molecule has 3 N–H and O–H groups in total. The van der Waals surface area contributed by atoms with E-state index >= 15 is 0 Å². The smallest absolute Gasteiger partial charge is 0.243 e. The van der Waals surface area contributed by atoms with Gasteiger partial charge in [0.05, 0.1) is 30.9 Å². The Bertz CT molecular complexity index is 1970. The minimum Gasteiger partial charge on any atom is -0.457 e. The maximum absolute atomic E-state index is 13.7. The van der Waals surface area contributed by atoms with Crippen LogP contribution in [0.1, 0.15) is 62.4 Å². The highest BCUT2D eigenvalue weighted by molar-refractivity contribution is 6.31. The van der Waals surface area contributed by atoms with Crippen molar-refractivity contribution in [1.82, 2.24) is 35.3 Å². The van der Waals surface area contributed by atoms with Gasteiger partial charge >= 0.3 is 0 Å². The zero-order chi connectivity index (χ0) is 41.8. The first-order valence-corrected chi connectivity index (χ1v) is 20.5. The molecule has 0 bridgehead atoms. The van der Waals surface area contributed by atoms with E-state index in [-0.39, 0.29) is 30.2 Å². The summed E-state index contributed by atoms with van der Waals surface area (Å²) >= 11 is 12.5. The molecule has 58 heavy (non-hydrogen) atoms. The molecule has 1 aliphatic rings. The zero-order valence-electron chi connectivity index (χ0n) is 34.3. The maximum atomic E-state index is 13.7. The van der Waals surface area contributed by atoms with Crippen LogP contribution in [0.4, 0.5) is 0 Å². The van der Waals surface area contributed by atoms with Gasteiger partial charge in [-0.15, -0.1) is 0 Å². The van der Waals surface area contributed by atoms with Crippen molar-refractivity contribution in [3.8, 4) is 22.8 Å². The fourth-order valence-corrected chi connectivity index (χ4v) is 7.16. The SMILES string of the molecule is CO[C@@H](CC(=O)N(C)[C@@H](CCc1ccc(Cl)cc1)C(=O)NC1CC[CH]CC1)NC(=O)[C@H](C)NCc1ccc(Cl)cc1Oc1ccc(-c2cnc(CN(C)C)n2C)cc1. The van der Waals surface area contributed by atoms with Crippen LogP contribution >= 0.6 is 23.2 Å². The number of carbonyl (C=O) groups excluding carboxylic acids is 3. The number of aromatic nitrogens is 2. The monoisotopic (exact) mass is 832 g/mol. The number of amides is 3. The van der Waals surface area contributed by atoms with Crippen LogP contribution in [-0.2, 0) is 45.7 Å². The number of carbonyl (C=O) groups is 3. The number of ether oxygens (including phenoxy) is 2. The minimum absolute atomic E-state index is 0.0703. The Labute approximate surface area is 352 Å². The van der Waals surface area contributed by atoms with E-state index in [2.05, 4.69) is 36.8 Å². The summed E-state index contributed by atoms with van der Waals surface area (Å²) in [7, 11) is 9.10. The number of nitrogens with one attached hydrogen (secondary N) is 3. The molecule has 3 amide bonds. The molecule has 1 saturated carbocycles. The lowest BCUT2D eigenvalue weighted by Gasteiger charge is -2.31. The van der Waals surface area contributed by atoms with Gasteiger partial charge < -0.3 is 39.8 Å². The third-order valence-electron chi connectivity index (χ3n) is 10.5. The number of nitrogens with zero attached hydrogens (tertiary/aromatic N) is 4. The quantitative estimate of drug-likeness (QED) is 0.0869. The largest absolute Gasteiger partial charge is 0.457 e. The third-order valence-corrected chi connectivity index (χ3v) is 10.9. The molecule has 0 unspecified atom stereocenters. The van der Waals surface area contributed by atoms with E-state index in [0.717, 1.165) is 60.4 Å². The average Bonchev–Trinajstić information content (AvgIpc) is 3.56. The number of benzene rings is 3. The van der Waals surface area contributed by atoms with Crippen LogP contribution in [0, 0.1) is 6.42 Å². The lowest BCUT2D eigenvalue weighted by Crippen LogP contribution is -2.52. The molecule has 1 heterocycles. The molecule has 0 aliphatic heterocycles. The molecule has 0 saturated heterocycles. The predicted octanol–water partition coefficient (Wildman–Crippen LogP) is 6.93. The zero-order valence-corrected chi connectivity index (χ0v) is 35.8. The topological polar surface area (TPSA) is 130 Å². The van der Waals surface area contributed by atoms with Gasteiger partial charge in [-0.3, -0.25) is 14.4 Å². The Morgan fingerprint density at radius 1 is 0.948 bits per heavy atom. The van der Waals surface area contributed by atoms with Gasteiger partial charge in [0, 0.05) is 55.0 Å². The fraction of sp³-hybridized carbons (Fsp3) is 0.432. The van der Waals surface area contributed by atoms with Crippen LogP contribution in [0.3, 0.4) is 0 Å². The van der Waals surface area contributed by atoms with Gasteiger partial charge in [-0.2, -0.15) is 0 Å². The summed E-state index contributed by atoms with van der Waals surface area (Å²) in [6, 6.07) is 19.3. The number of rotatable bonds is 19. The van der Waals surface area contributed by atoms with Gasteiger partial charge in [0.15, 0.2) is 0 Å². The molecule has 1 aliphatic carbocycles. The molecule has 3 aromatic carbocycles. The molecule has 14 heteroatoms. The molecule has 3 atom stereocenters. The van der Waals surface area contributed by atoms with Crippen LogP contribution in [-0.4, -0.2) is 89.7 Å². The van der Waals surface area contributed by atoms with Gasteiger partial charge in [-0.05, 0) is 120 Å². The first-order chi connectivity index (χ1) is 27.8. The molecule has 4 aromatic rings. The van der Waals surface area contributed by atoms with E-state index in [1.165, 1.54) is 12.0 Å². The summed E-state index contributed by atoms with van der Waals surface area (Å²) in [5, 5.41) is 10.4. The van der Waals surface area contributed by atoms with Crippen molar-refractivity contribution < 1.29 is 23.9 Å². The van der Waals surface area contributed by atoms with Crippen LogP contribution < -0.4 is 20.7 Å². The fourth-order valence-electron chi connectivity index (χ4n) is 6.87. The summed E-state index contributed by atoms with van der Waals surface area (Å²) in [6.45, 7) is 2.77. The Balaban J connectivity index is 1.16. The van der Waals surface area contributed by atoms with E-state index in [0.29, 0.717) is 40.9 Å². The first kappa shape index (κ1) is 44.6. The van der Waals surface area contributed by atoms with Gasteiger partial charge in [0.1, 0.15) is 29.6 Å². The highest BCUT2D eigenvalue weighted by Gasteiger charge is 2.31. The van der Waals surface area contributed by atoms with Crippen LogP contribution in [0.2, 0.25) is 10.0 Å². The van der Waals surface area contributed by atoms with Crippen molar-refractivity contribution in [3.63, 3.8) is 0 Å². The van der Waals surface area contributed by atoms with Crippen LogP contribution in [0.15, 0.2) is 72.9 Å². The van der Waals surface area contributed by atoms with E-state index in [1.807, 2.05) is 81.9 Å². The number of likely N-dealkylation sites (N-methyl/N-ethyl adjacent to an activating group) is 1. The van der Waals surface area contributed by atoms with Crippen molar-refractivity contribution >= 4 is 40.9 Å². The Morgan fingerprint density at radius 2 is 1.64 bits per heavy atom. The molecular formula is C44H56Cl2N7O5. The highest BCUT2D eigenvalue weighted by Crippen LogP contribution is 2.31. The normalized spacial score (nSPS) is 14.8. The number of imidazole rings is 1. The first-order valence-electron chi connectivity index (χ1n) is 19.7. The Morgan fingerprint density at radius 3 is 2.31 bits per heavy atom. The number of halogens is 2. The number of aryl methyl sites for hydroxylation is 1. The lowest BCUT2D eigenvalue weighted by atomic mass is 9.95. The van der Waals surface area contributed by atoms with Gasteiger partial charge in [-0.1, -0.05) is 41.4 Å². The molecule has 1 radical (unpaired) electrons. The molecule has 311 valence electrons. The molecule has 12 nitrogen and oxygen atoms in total. The second-order valence-electron chi connectivity index (χ2n) is 15.1. The Hall–Kier alpha value is -4.46. The number of methoxy groups -OCH3 is 1. The van der Waals surface area contributed by atoms with Gasteiger partial charge in [0.2, 0.25) is 17.7 Å². The van der Waals surface area contributed by atoms with Crippen molar-refractivity contribution in [3.05, 3.63) is 106 Å². The molecule has 1 aromatic heterocycles. The van der Waals surface area contributed by atoms with E-state index in [9.17, 15) is 14.4 Å². The summed E-state index contributed by atoms with van der Waals surface area (Å²) in [4.78, 5) is 48.8. The summed E-state index contributed by atoms with van der Waals surface area (Å²) in [5.74, 6) is 1.28. The average molecular weight is 834 g/mol. The summed E-state index contributed by atoms with van der Waals surface area (Å²) in [6.07, 6.45) is 7.71. The van der Waals surface area contributed by atoms with Gasteiger partial charge in [-0.25, -0.2) is 4.98 Å². The molecular weight excluding hydrogens is 777 g/mol. The number of hydrogen-bond donors (Lipinski definition) is 3. The van der Waals surface area contributed by atoms with Crippen molar-refractivity contribution in [2.24, 2.45) is 7.05 Å². The molecule has 5 rings (SSSR count). The molecule has 1 fully saturated rings. The lowest BCUT2D eigenvalue weighted by molar-refractivity contribution is -0.142. The van der Waals surface area contributed by atoms with E-state index < -0.39 is 18.3 Å². The van der Waals surface area contributed by atoms with Gasteiger partial charge in [0.25, 0.3) is 0 Å². The van der Waals surface area contributed by atoms with E-state index in [1.54, 1.807) is 26.1 Å². The predicted molar refractivity (Wildman–Crippen MR) is 228 cm³/mol. The van der Waals surface area contributed by atoms with Crippen molar-refractivity contribution in [2.45, 2.75) is 89.3 Å². The Kier molecular flexibility index (Phi) is 16.6. The molecule has 0 spiro atoms. The maximum Gasteiger partial charge on any atom is 0.243 e. The second kappa shape index (κ2) is 21.5. The standard InChI is InChI=1S/C44H56Cl2N7O5/c1-29(47-26-32-15-20-34(46)24-39(32)58-36-21-16-31(17-22-36)38-27-48-40(52(38)4)28-51(2)3)43(55)50-41(57-6)25-42(54)53(5)37(23-14-30-12-18-33(45)19-13-30)44(56)49-35-10-8-7-9-11-35/h7,12-13,15-22,24,27,29,35,37,41,47H,8-11,14,23,25-26,28H2,1-6H3,(H,49,56)(H,50,55)/t29-,37-,41-/m0/s1. The van der Waals surface area contributed by atoms with Crippen molar-refractivity contribution in [1.29, 1.82) is 0 Å². The van der Waals surface area contributed by atoms with Crippen molar-refractivity contribution in [2.75, 3.05) is 28.3 Å². The van der Waals surface area contributed by atoms with E-state index in [4.69, 9.17) is 32.7 Å². The summed E-state index contributed by atoms with van der Waals surface area (Å²) in [5.41, 5.74) is 3.82. The van der Waals surface area contributed by atoms with Crippen LogP contribution in [0.5, 0.6) is 11.5 Å². The minimum atomic E-state index is -0.913. The highest BCUT2D eigenvalue weighted by atomic mass is 35.5. The summed E-state index contributed by atoms with van der Waals surface area (Å²) < 4.78 is 13.9. The second-order valence-corrected chi connectivity index (χ2v) is 16.0. The number of hydrogen-bond acceptors (Lipinski definition) is 8. The third kappa shape index (κ3) is 12.8.